The van der Waals surface area contributed by atoms with E-state index in [1.54, 1.807) is 31.6 Å². The first kappa shape index (κ1) is 20.9. The van der Waals surface area contributed by atoms with Gasteiger partial charge in [0, 0.05) is 31.1 Å². The number of benzene rings is 1. The van der Waals surface area contributed by atoms with Crippen LogP contribution in [-0.2, 0) is 17.9 Å². The normalized spacial score (nSPS) is 12.4. The summed E-state index contributed by atoms with van der Waals surface area (Å²) in [6, 6.07) is 9.34. The predicted octanol–water partition coefficient (Wildman–Crippen LogP) is 4.08. The Morgan fingerprint density at radius 2 is 2.17 bits per heavy atom. The van der Waals surface area contributed by atoms with Gasteiger partial charge in [-0.3, -0.25) is 4.99 Å². The Bertz CT molecular complexity index is 649. The zero-order chi connectivity index (χ0) is 16.7. The lowest BCUT2D eigenvalue weighted by atomic mass is 10.1. The molecule has 0 saturated carbocycles. The Hall–Kier alpha value is -1.19. The molecule has 1 atom stereocenters. The number of hydrogen-bond acceptors (Lipinski definition) is 3. The van der Waals surface area contributed by atoms with Gasteiger partial charge in [-0.15, -0.1) is 35.3 Å². The molecule has 0 radical (unpaired) electrons. The van der Waals surface area contributed by atoms with Crippen molar-refractivity contribution in [2.24, 2.45) is 4.99 Å². The summed E-state index contributed by atoms with van der Waals surface area (Å²) in [4.78, 5) is 5.48. The summed E-state index contributed by atoms with van der Waals surface area (Å²) in [6.07, 6.45) is 0. The molecular weight excluding hydrogens is 440 g/mol. The molecule has 0 aliphatic carbocycles. The Morgan fingerprint density at radius 1 is 1.38 bits per heavy atom. The van der Waals surface area contributed by atoms with Crippen molar-refractivity contribution in [3.05, 3.63) is 57.5 Å². The van der Waals surface area contributed by atoms with E-state index in [1.807, 2.05) is 12.1 Å². The van der Waals surface area contributed by atoms with Crippen molar-refractivity contribution in [2.45, 2.75) is 26.1 Å². The molecule has 7 heteroatoms. The van der Waals surface area contributed by atoms with Gasteiger partial charge in [0.1, 0.15) is 5.82 Å². The van der Waals surface area contributed by atoms with Gasteiger partial charge in [-0.2, -0.15) is 0 Å². The number of nitrogens with zero attached hydrogens (tertiary/aromatic N) is 1. The maximum absolute atomic E-state index is 13.6. The molecule has 0 bridgehead atoms. The molecule has 1 aromatic heterocycles. The van der Waals surface area contributed by atoms with E-state index in [2.05, 4.69) is 34.0 Å². The van der Waals surface area contributed by atoms with Gasteiger partial charge < -0.3 is 15.4 Å². The number of rotatable bonds is 6. The average molecular weight is 463 g/mol. The van der Waals surface area contributed by atoms with Gasteiger partial charge in [-0.1, -0.05) is 12.1 Å². The summed E-state index contributed by atoms with van der Waals surface area (Å²) >= 11 is 1.71. The van der Waals surface area contributed by atoms with E-state index in [1.165, 1.54) is 10.9 Å². The number of halogens is 2. The number of ether oxygens (including phenoxy) is 1. The van der Waals surface area contributed by atoms with Gasteiger partial charge in [-0.25, -0.2) is 4.39 Å². The van der Waals surface area contributed by atoms with Crippen LogP contribution >= 0.6 is 35.3 Å². The molecule has 1 heterocycles. The van der Waals surface area contributed by atoms with Crippen LogP contribution in [0, 0.1) is 5.82 Å². The van der Waals surface area contributed by atoms with Crippen LogP contribution in [-0.4, -0.2) is 20.1 Å². The van der Waals surface area contributed by atoms with Crippen molar-refractivity contribution in [1.29, 1.82) is 0 Å². The van der Waals surface area contributed by atoms with Crippen molar-refractivity contribution in [3.63, 3.8) is 0 Å². The van der Waals surface area contributed by atoms with E-state index >= 15 is 0 Å². The van der Waals surface area contributed by atoms with Crippen molar-refractivity contribution in [3.8, 4) is 0 Å². The molecule has 1 aromatic carbocycles. The molecule has 1 unspecified atom stereocenters. The zero-order valence-electron chi connectivity index (χ0n) is 14.0. The summed E-state index contributed by atoms with van der Waals surface area (Å²) in [5, 5.41) is 8.64. The van der Waals surface area contributed by atoms with Gasteiger partial charge in [0.25, 0.3) is 0 Å². The van der Waals surface area contributed by atoms with Crippen LogP contribution in [0.1, 0.15) is 29.0 Å². The highest BCUT2D eigenvalue weighted by Gasteiger charge is 2.09. The second-order valence-corrected chi connectivity index (χ2v) is 6.15. The third-order valence-corrected chi connectivity index (χ3v) is 4.47. The number of nitrogens with one attached hydrogen (secondary N) is 2. The van der Waals surface area contributed by atoms with Crippen LogP contribution in [0.3, 0.4) is 0 Å². The average Bonchev–Trinajstić information content (AvgIpc) is 3.08. The summed E-state index contributed by atoms with van der Waals surface area (Å²) in [7, 11) is 3.29. The number of aliphatic imine (C=N–C) groups is 1. The number of hydrogen-bond donors (Lipinski definition) is 2. The fourth-order valence-corrected chi connectivity index (χ4v) is 2.93. The van der Waals surface area contributed by atoms with Gasteiger partial charge in [0.05, 0.1) is 12.6 Å². The van der Waals surface area contributed by atoms with Crippen LogP contribution in [0.15, 0.2) is 40.7 Å². The second kappa shape index (κ2) is 10.6. The van der Waals surface area contributed by atoms with Crippen LogP contribution in [0.4, 0.5) is 4.39 Å². The smallest absolute Gasteiger partial charge is 0.191 e. The van der Waals surface area contributed by atoms with E-state index in [4.69, 9.17) is 4.74 Å². The zero-order valence-corrected chi connectivity index (χ0v) is 17.2. The summed E-state index contributed by atoms with van der Waals surface area (Å²) < 4.78 is 18.6. The summed E-state index contributed by atoms with van der Waals surface area (Å²) in [5.74, 6) is 0.466. The van der Waals surface area contributed by atoms with E-state index in [-0.39, 0.29) is 42.4 Å². The highest BCUT2D eigenvalue weighted by atomic mass is 127. The van der Waals surface area contributed by atoms with Gasteiger partial charge in [-0.05, 0) is 36.1 Å². The molecule has 24 heavy (non-hydrogen) atoms. The lowest BCUT2D eigenvalue weighted by Crippen LogP contribution is -2.38. The van der Waals surface area contributed by atoms with E-state index < -0.39 is 0 Å². The maximum Gasteiger partial charge on any atom is 0.191 e. The molecule has 2 rings (SSSR count). The lowest BCUT2D eigenvalue weighted by Gasteiger charge is -2.17. The van der Waals surface area contributed by atoms with Crippen molar-refractivity contribution < 1.29 is 9.13 Å². The Balaban J connectivity index is 0.00000288. The molecule has 2 aromatic rings. The minimum absolute atomic E-state index is 0. The monoisotopic (exact) mass is 463 g/mol. The highest BCUT2D eigenvalue weighted by Crippen LogP contribution is 2.18. The third-order valence-electron chi connectivity index (χ3n) is 3.42. The fourth-order valence-electron chi connectivity index (χ4n) is 2.20. The Kier molecular flexibility index (Phi) is 9.24. The third kappa shape index (κ3) is 6.03. The van der Waals surface area contributed by atoms with Crippen molar-refractivity contribution in [1.82, 2.24) is 10.6 Å². The maximum atomic E-state index is 13.6. The second-order valence-electron chi connectivity index (χ2n) is 5.17. The van der Waals surface area contributed by atoms with Crippen LogP contribution in [0.25, 0.3) is 0 Å². The number of guanidine groups is 1. The van der Waals surface area contributed by atoms with Gasteiger partial charge in [0.15, 0.2) is 5.96 Å². The van der Waals surface area contributed by atoms with Gasteiger partial charge in [0.2, 0.25) is 0 Å². The molecule has 0 spiro atoms. The first-order valence-electron chi connectivity index (χ1n) is 7.41. The molecule has 0 aliphatic rings. The first-order valence-corrected chi connectivity index (χ1v) is 8.28. The van der Waals surface area contributed by atoms with Gasteiger partial charge >= 0.3 is 0 Å². The van der Waals surface area contributed by atoms with Crippen molar-refractivity contribution >= 4 is 41.3 Å². The quantitative estimate of drug-likeness (QED) is 0.386. The summed E-state index contributed by atoms with van der Waals surface area (Å²) in [6.45, 7) is 2.92. The van der Waals surface area contributed by atoms with E-state index in [0.717, 1.165) is 5.56 Å². The molecule has 0 amide bonds. The standard InChI is InChI=1S/C17H22FN3OS.HI/c1-12(16-5-4-8-23-16)21-17(19-2)20-10-13-6-7-15(18)14(9-13)11-22-3;/h4-9,12H,10-11H2,1-3H3,(H2,19,20,21);1H. The number of methoxy groups -OCH3 is 1. The SMILES string of the molecule is CN=C(NCc1ccc(F)c(COC)c1)NC(C)c1cccs1.I. The molecule has 0 aliphatic heterocycles. The van der Waals surface area contributed by atoms with Crippen LogP contribution in [0.5, 0.6) is 0 Å². The molecular formula is C17H23FIN3OS. The molecule has 132 valence electrons. The van der Waals surface area contributed by atoms with E-state index in [0.29, 0.717) is 18.1 Å². The first-order chi connectivity index (χ1) is 11.1. The minimum atomic E-state index is -0.246. The van der Waals surface area contributed by atoms with Crippen LogP contribution in [0.2, 0.25) is 0 Å². The predicted molar refractivity (Wildman–Crippen MR) is 109 cm³/mol. The number of thiophene rings is 1. The molecule has 0 saturated heterocycles. The molecule has 0 fully saturated rings. The minimum Gasteiger partial charge on any atom is -0.380 e. The largest absolute Gasteiger partial charge is 0.380 e. The topological polar surface area (TPSA) is 45.7 Å². The Morgan fingerprint density at radius 3 is 2.79 bits per heavy atom. The lowest BCUT2D eigenvalue weighted by molar-refractivity contribution is 0.181. The van der Waals surface area contributed by atoms with Crippen molar-refractivity contribution in [2.75, 3.05) is 14.2 Å². The van der Waals surface area contributed by atoms with Crippen LogP contribution < -0.4 is 10.6 Å². The van der Waals surface area contributed by atoms with E-state index in [9.17, 15) is 4.39 Å². The Labute approximate surface area is 163 Å². The fraction of sp³-hybridized carbons (Fsp3) is 0.353. The summed E-state index contributed by atoms with van der Waals surface area (Å²) in [5.41, 5.74) is 1.53. The molecule has 4 nitrogen and oxygen atoms in total. The highest BCUT2D eigenvalue weighted by molar-refractivity contribution is 14.0. The molecule has 2 N–H and O–H groups in total.